The van der Waals surface area contributed by atoms with Gasteiger partial charge in [-0.05, 0) is 69.2 Å². The SMILES string of the molecule is CCN(CC)c1ccc(N/C=C(/C#N)C(=O)Nc2cccc(Cl)c2C)c(C)c1.[Cl-]. The van der Waals surface area contributed by atoms with Gasteiger partial charge in [-0.15, -0.1) is 0 Å². The molecule has 0 atom stereocenters. The third kappa shape index (κ3) is 6.15. The van der Waals surface area contributed by atoms with Crippen molar-refractivity contribution >= 4 is 34.6 Å². The molecule has 7 heteroatoms. The molecule has 2 N–H and O–H groups in total. The first kappa shape index (κ1) is 24.4. The monoisotopic (exact) mass is 431 g/mol. The van der Waals surface area contributed by atoms with Crippen LogP contribution in [0.3, 0.4) is 0 Å². The molecule has 0 saturated carbocycles. The summed E-state index contributed by atoms with van der Waals surface area (Å²) in [5.41, 5.74) is 4.33. The number of nitrogens with one attached hydrogen (secondary N) is 2. The predicted octanol–water partition coefficient (Wildman–Crippen LogP) is 2.27. The van der Waals surface area contributed by atoms with Crippen molar-refractivity contribution in [3.63, 3.8) is 0 Å². The first-order valence-corrected chi connectivity index (χ1v) is 9.57. The zero-order chi connectivity index (χ0) is 20.7. The van der Waals surface area contributed by atoms with Crippen LogP contribution >= 0.6 is 11.6 Å². The number of aryl methyl sites for hydroxylation is 1. The second-order valence-corrected chi connectivity index (χ2v) is 6.76. The summed E-state index contributed by atoms with van der Waals surface area (Å²) in [6.07, 6.45) is 1.43. The quantitative estimate of drug-likeness (QED) is 0.521. The molecule has 0 heterocycles. The largest absolute Gasteiger partial charge is 1.00 e. The number of rotatable bonds is 7. The summed E-state index contributed by atoms with van der Waals surface area (Å²) in [7, 11) is 0. The molecule has 0 saturated heterocycles. The van der Waals surface area contributed by atoms with E-state index in [9.17, 15) is 10.1 Å². The van der Waals surface area contributed by atoms with E-state index in [1.165, 1.54) is 6.20 Å². The van der Waals surface area contributed by atoms with Gasteiger partial charge < -0.3 is 27.9 Å². The Labute approximate surface area is 183 Å². The number of hydrogen-bond donors (Lipinski definition) is 2. The minimum Gasteiger partial charge on any atom is -1.00 e. The Bertz CT molecular complexity index is 931. The van der Waals surface area contributed by atoms with E-state index in [1.54, 1.807) is 18.2 Å². The lowest BCUT2D eigenvalue weighted by molar-refractivity contribution is -0.112. The Morgan fingerprint density at radius 1 is 1.17 bits per heavy atom. The molecule has 1 amide bonds. The third-order valence-corrected chi connectivity index (χ3v) is 5.00. The highest BCUT2D eigenvalue weighted by molar-refractivity contribution is 6.31. The summed E-state index contributed by atoms with van der Waals surface area (Å²) >= 11 is 6.08. The summed E-state index contributed by atoms with van der Waals surface area (Å²) in [6.45, 7) is 9.91. The molecule has 29 heavy (non-hydrogen) atoms. The summed E-state index contributed by atoms with van der Waals surface area (Å²) in [6, 6.07) is 13.3. The zero-order valence-corrected chi connectivity index (χ0v) is 18.5. The minimum atomic E-state index is -0.488. The van der Waals surface area contributed by atoms with Crippen molar-refractivity contribution < 1.29 is 17.2 Å². The van der Waals surface area contributed by atoms with Gasteiger partial charge in [-0.3, -0.25) is 4.79 Å². The maximum Gasteiger partial charge on any atom is 0.267 e. The van der Waals surface area contributed by atoms with Gasteiger partial charge in [0.2, 0.25) is 0 Å². The molecule has 0 aliphatic rings. The van der Waals surface area contributed by atoms with Crippen LogP contribution in [0.1, 0.15) is 25.0 Å². The fourth-order valence-electron chi connectivity index (χ4n) is 2.83. The summed E-state index contributed by atoms with van der Waals surface area (Å²) in [4.78, 5) is 14.7. The van der Waals surface area contributed by atoms with Crippen LogP contribution in [0.15, 0.2) is 48.2 Å². The number of nitrogens with zero attached hydrogens (tertiary/aromatic N) is 2. The topological polar surface area (TPSA) is 68.2 Å². The molecule has 2 rings (SSSR count). The lowest BCUT2D eigenvalue weighted by atomic mass is 10.1. The first-order chi connectivity index (χ1) is 13.4. The second kappa shape index (κ2) is 11.4. The number of hydrogen-bond acceptors (Lipinski definition) is 4. The molecule has 0 fully saturated rings. The van der Waals surface area contributed by atoms with Crippen LogP contribution in [0, 0.1) is 25.2 Å². The molecule has 2 aromatic rings. The molecule has 0 unspecified atom stereocenters. The van der Waals surface area contributed by atoms with Gasteiger partial charge in [0.05, 0.1) is 0 Å². The smallest absolute Gasteiger partial charge is 0.267 e. The zero-order valence-electron chi connectivity index (χ0n) is 17.0. The van der Waals surface area contributed by atoms with Crippen molar-refractivity contribution in [1.82, 2.24) is 0 Å². The number of benzene rings is 2. The maximum absolute atomic E-state index is 12.4. The molecule has 0 aromatic heterocycles. The van der Waals surface area contributed by atoms with E-state index in [0.29, 0.717) is 10.7 Å². The molecule has 0 aliphatic heterocycles. The van der Waals surface area contributed by atoms with Crippen LogP contribution in [-0.4, -0.2) is 19.0 Å². The van der Waals surface area contributed by atoms with E-state index < -0.39 is 5.91 Å². The van der Waals surface area contributed by atoms with Gasteiger partial charge in [0.1, 0.15) is 11.6 Å². The number of anilines is 3. The van der Waals surface area contributed by atoms with Gasteiger partial charge in [0.25, 0.3) is 5.91 Å². The fraction of sp³-hybridized carbons (Fsp3) is 0.273. The predicted molar refractivity (Wildman–Crippen MR) is 117 cm³/mol. The van der Waals surface area contributed by atoms with Gasteiger partial charge in [-0.25, -0.2) is 0 Å². The average molecular weight is 432 g/mol. The van der Waals surface area contributed by atoms with E-state index in [4.69, 9.17) is 11.6 Å². The molecule has 5 nitrogen and oxygen atoms in total. The lowest BCUT2D eigenvalue weighted by Gasteiger charge is -2.22. The van der Waals surface area contributed by atoms with Crippen molar-refractivity contribution in [1.29, 1.82) is 5.26 Å². The van der Waals surface area contributed by atoms with E-state index in [0.717, 1.165) is 35.6 Å². The van der Waals surface area contributed by atoms with Crippen molar-refractivity contribution in [3.05, 3.63) is 64.3 Å². The Kier molecular flexibility index (Phi) is 9.54. The van der Waals surface area contributed by atoms with E-state index in [2.05, 4.69) is 35.4 Å². The third-order valence-electron chi connectivity index (χ3n) is 4.59. The van der Waals surface area contributed by atoms with Gasteiger partial charge in [0, 0.05) is 41.4 Å². The number of carbonyl (C=O) groups is 1. The molecular weight excluding hydrogens is 407 g/mol. The molecule has 0 aliphatic carbocycles. The van der Waals surface area contributed by atoms with Gasteiger partial charge in [-0.1, -0.05) is 17.7 Å². The normalized spacial score (nSPS) is 10.6. The summed E-state index contributed by atoms with van der Waals surface area (Å²) in [5, 5.41) is 15.7. The Hall–Kier alpha value is -2.68. The molecular formula is C22H25Cl2N4O-. The lowest BCUT2D eigenvalue weighted by Crippen LogP contribution is -3.00. The first-order valence-electron chi connectivity index (χ1n) is 9.20. The number of amides is 1. The highest BCUT2D eigenvalue weighted by Crippen LogP contribution is 2.24. The van der Waals surface area contributed by atoms with Gasteiger partial charge >= 0.3 is 0 Å². The minimum absolute atomic E-state index is 0. The van der Waals surface area contributed by atoms with E-state index in [-0.39, 0.29) is 18.0 Å². The Morgan fingerprint density at radius 3 is 2.45 bits per heavy atom. The van der Waals surface area contributed by atoms with Gasteiger partial charge in [-0.2, -0.15) is 5.26 Å². The van der Waals surface area contributed by atoms with Crippen LogP contribution in [0.25, 0.3) is 0 Å². The highest BCUT2D eigenvalue weighted by atomic mass is 35.5. The standard InChI is InChI=1S/C22H25ClN4O.ClH/c1-5-27(6-2)18-10-11-20(15(3)12-18)25-14-17(13-24)22(28)26-21-9-7-8-19(23)16(21)4;/h7-12,14,25H,5-6H2,1-4H3,(H,26,28);1H/p-1/b17-14-;. The Balaban J connectivity index is 0.00000420. The number of nitriles is 1. The van der Waals surface area contributed by atoms with Crippen molar-refractivity contribution in [2.45, 2.75) is 27.7 Å². The fourth-order valence-corrected chi connectivity index (χ4v) is 3.00. The molecule has 0 spiro atoms. The van der Waals surface area contributed by atoms with Crippen LogP contribution in [0.4, 0.5) is 17.1 Å². The summed E-state index contributed by atoms with van der Waals surface area (Å²) < 4.78 is 0. The van der Waals surface area contributed by atoms with Crippen LogP contribution in [-0.2, 0) is 4.79 Å². The average Bonchev–Trinajstić information content (AvgIpc) is 2.68. The second-order valence-electron chi connectivity index (χ2n) is 6.35. The van der Waals surface area contributed by atoms with Crippen molar-refractivity contribution in [2.24, 2.45) is 0 Å². The van der Waals surface area contributed by atoms with Crippen molar-refractivity contribution in [3.8, 4) is 6.07 Å². The van der Waals surface area contributed by atoms with Crippen molar-refractivity contribution in [2.75, 3.05) is 28.6 Å². The van der Waals surface area contributed by atoms with Crippen LogP contribution in [0.2, 0.25) is 5.02 Å². The van der Waals surface area contributed by atoms with Crippen LogP contribution in [0.5, 0.6) is 0 Å². The molecule has 154 valence electrons. The van der Waals surface area contributed by atoms with Crippen LogP contribution < -0.4 is 27.9 Å². The molecule has 0 bridgehead atoms. The van der Waals surface area contributed by atoms with E-state index in [1.807, 2.05) is 32.0 Å². The molecule has 2 aromatic carbocycles. The molecule has 0 radical (unpaired) electrons. The maximum atomic E-state index is 12.4. The highest BCUT2D eigenvalue weighted by Gasteiger charge is 2.12. The number of carbonyl (C=O) groups excluding carboxylic acids is 1. The Morgan fingerprint density at radius 2 is 1.86 bits per heavy atom. The van der Waals surface area contributed by atoms with E-state index >= 15 is 0 Å². The van der Waals surface area contributed by atoms with Gasteiger partial charge in [0.15, 0.2) is 0 Å². The summed E-state index contributed by atoms with van der Waals surface area (Å²) in [5.74, 6) is -0.488. The number of halogens is 2.